The summed E-state index contributed by atoms with van der Waals surface area (Å²) in [6, 6.07) is 10.3. The van der Waals surface area contributed by atoms with Gasteiger partial charge in [-0.05, 0) is 36.8 Å². The summed E-state index contributed by atoms with van der Waals surface area (Å²) < 4.78 is 13.9. The molecule has 7 nitrogen and oxygen atoms in total. The van der Waals surface area contributed by atoms with Crippen molar-refractivity contribution < 1.29 is 9.50 Å². The molecule has 0 saturated heterocycles. The lowest BCUT2D eigenvalue weighted by Gasteiger charge is -2.08. The van der Waals surface area contributed by atoms with Crippen LogP contribution in [0.25, 0.3) is 10.6 Å². The Morgan fingerprint density at radius 3 is 2.82 bits per heavy atom. The summed E-state index contributed by atoms with van der Waals surface area (Å²) in [5, 5.41) is 28.5. The molecule has 1 atom stereocenters. The van der Waals surface area contributed by atoms with Crippen LogP contribution in [-0.4, -0.2) is 20.1 Å². The molecule has 0 radical (unpaired) electrons. The molecular formula is C22H18ClFN6OS2. The summed E-state index contributed by atoms with van der Waals surface area (Å²) in [7, 11) is 0. The monoisotopic (exact) mass is 500 g/mol. The van der Waals surface area contributed by atoms with Gasteiger partial charge in [-0.3, -0.25) is 0 Å². The molecule has 0 aliphatic rings. The van der Waals surface area contributed by atoms with Gasteiger partial charge in [0.2, 0.25) is 0 Å². The molecule has 3 N–H and O–H groups in total. The van der Waals surface area contributed by atoms with Crippen molar-refractivity contribution in [3.63, 3.8) is 0 Å². The lowest BCUT2D eigenvalue weighted by atomic mass is 10.2. The summed E-state index contributed by atoms with van der Waals surface area (Å²) in [6.07, 6.45) is 1.14. The van der Waals surface area contributed by atoms with Crippen LogP contribution in [0.15, 0.2) is 41.9 Å². The number of nitrogens with one attached hydrogen (secondary N) is 2. The molecule has 0 bridgehead atoms. The van der Waals surface area contributed by atoms with E-state index < -0.39 is 11.9 Å². The van der Waals surface area contributed by atoms with Gasteiger partial charge in [-0.15, -0.1) is 22.7 Å². The normalized spacial score (nSPS) is 11.7. The summed E-state index contributed by atoms with van der Waals surface area (Å²) in [6.45, 7) is 2.05. The smallest absolute Gasteiger partial charge is 0.188 e. The second kappa shape index (κ2) is 10.2. The minimum absolute atomic E-state index is 0.149. The van der Waals surface area contributed by atoms with Gasteiger partial charge in [-0.25, -0.2) is 19.3 Å². The number of nitrogens with zero attached hydrogens (tertiary/aromatic N) is 4. The van der Waals surface area contributed by atoms with Crippen molar-refractivity contribution in [2.45, 2.75) is 26.0 Å². The molecule has 168 valence electrons. The maximum Gasteiger partial charge on any atom is 0.188 e. The number of hydrogen-bond donors (Lipinski definition) is 3. The van der Waals surface area contributed by atoms with Crippen LogP contribution in [-0.2, 0) is 13.0 Å². The Kier molecular flexibility index (Phi) is 7.15. The Morgan fingerprint density at radius 1 is 1.27 bits per heavy atom. The fourth-order valence-corrected chi connectivity index (χ4v) is 4.84. The molecule has 11 heteroatoms. The number of aliphatic hydroxyl groups is 1. The molecule has 1 aromatic carbocycles. The van der Waals surface area contributed by atoms with E-state index in [9.17, 15) is 9.50 Å². The summed E-state index contributed by atoms with van der Waals surface area (Å²) >= 11 is 8.51. The molecule has 4 rings (SSSR count). The van der Waals surface area contributed by atoms with Crippen molar-refractivity contribution in [2.24, 2.45) is 0 Å². The van der Waals surface area contributed by atoms with E-state index in [2.05, 4.69) is 31.7 Å². The van der Waals surface area contributed by atoms with E-state index in [4.69, 9.17) is 16.9 Å². The Morgan fingerprint density at radius 2 is 2.12 bits per heavy atom. The minimum atomic E-state index is -0.703. The molecular weight excluding hydrogens is 483 g/mol. The van der Waals surface area contributed by atoms with Gasteiger partial charge in [0, 0.05) is 23.1 Å². The first-order valence-electron chi connectivity index (χ1n) is 9.84. The van der Waals surface area contributed by atoms with E-state index in [0.717, 1.165) is 10.4 Å². The molecule has 0 saturated carbocycles. The van der Waals surface area contributed by atoms with Crippen molar-refractivity contribution >= 4 is 50.9 Å². The number of halogens is 2. The molecule has 0 amide bonds. The van der Waals surface area contributed by atoms with Crippen molar-refractivity contribution in [1.82, 2.24) is 15.0 Å². The van der Waals surface area contributed by atoms with Crippen molar-refractivity contribution in [2.75, 3.05) is 10.6 Å². The average Bonchev–Trinajstić information content (AvgIpc) is 3.42. The highest BCUT2D eigenvalue weighted by molar-refractivity contribution is 7.17. The van der Waals surface area contributed by atoms with Crippen molar-refractivity contribution in [1.29, 1.82) is 5.26 Å². The molecule has 0 spiro atoms. The quantitative estimate of drug-likeness (QED) is 0.275. The number of aliphatic hydroxyl groups excluding tert-OH is 1. The van der Waals surface area contributed by atoms with Crippen LogP contribution in [0.4, 0.5) is 21.0 Å². The predicted octanol–water partition coefficient (Wildman–Crippen LogP) is 5.93. The fraction of sp³-hybridized carbons (Fsp3) is 0.182. The van der Waals surface area contributed by atoms with Gasteiger partial charge >= 0.3 is 0 Å². The Labute approximate surface area is 202 Å². The van der Waals surface area contributed by atoms with Gasteiger partial charge in [0.1, 0.15) is 22.7 Å². The third-order valence-corrected chi connectivity index (χ3v) is 6.81. The molecule has 0 aliphatic heterocycles. The standard InChI is InChI=1S/C22H18ClFN6OS2/c1-12(31)21-28-17(6-7-25)20(33-21)18-11-32-22(29-18)30-19-5-2-13(10-27-19)9-26-16-4-3-14(23)8-15(16)24/h2-5,8,10-12,26,31H,6,9H2,1H3,(H,27,29,30). The molecule has 3 aromatic heterocycles. The number of thiazole rings is 2. The maximum atomic E-state index is 13.9. The first-order valence-corrected chi connectivity index (χ1v) is 11.9. The highest BCUT2D eigenvalue weighted by atomic mass is 35.5. The van der Waals surface area contributed by atoms with E-state index in [1.54, 1.807) is 25.3 Å². The van der Waals surface area contributed by atoms with Gasteiger partial charge in [0.15, 0.2) is 5.13 Å². The Balaban J connectivity index is 1.42. The lowest BCUT2D eigenvalue weighted by molar-refractivity contribution is 0.198. The molecule has 0 aliphatic carbocycles. The fourth-order valence-electron chi connectivity index (χ4n) is 2.92. The van der Waals surface area contributed by atoms with Crippen LogP contribution in [0.2, 0.25) is 5.02 Å². The van der Waals surface area contributed by atoms with Crippen LogP contribution < -0.4 is 10.6 Å². The molecule has 0 fully saturated rings. The zero-order valence-corrected chi connectivity index (χ0v) is 19.7. The van der Waals surface area contributed by atoms with Crippen LogP contribution in [0, 0.1) is 17.1 Å². The highest BCUT2D eigenvalue weighted by Crippen LogP contribution is 2.35. The highest BCUT2D eigenvalue weighted by Gasteiger charge is 2.18. The summed E-state index contributed by atoms with van der Waals surface area (Å²) in [4.78, 5) is 14.1. The number of rotatable bonds is 8. The van der Waals surface area contributed by atoms with Crippen molar-refractivity contribution in [3.8, 4) is 16.6 Å². The Hall–Kier alpha value is -3.10. The number of benzene rings is 1. The number of pyridine rings is 1. The third-order valence-electron chi connectivity index (χ3n) is 4.53. The second-order valence-electron chi connectivity index (χ2n) is 7.03. The van der Waals surface area contributed by atoms with E-state index in [1.165, 1.54) is 28.7 Å². The second-order valence-corrected chi connectivity index (χ2v) is 9.36. The zero-order chi connectivity index (χ0) is 23.4. The number of anilines is 3. The average molecular weight is 501 g/mol. The Bertz CT molecular complexity index is 1300. The topological polar surface area (TPSA) is 107 Å². The lowest BCUT2D eigenvalue weighted by Crippen LogP contribution is -2.02. The number of hydrogen-bond acceptors (Lipinski definition) is 9. The molecule has 33 heavy (non-hydrogen) atoms. The summed E-state index contributed by atoms with van der Waals surface area (Å²) in [5.74, 6) is 0.205. The molecule has 4 aromatic rings. The number of aromatic nitrogens is 3. The first kappa shape index (κ1) is 23.1. The van der Waals surface area contributed by atoms with Crippen LogP contribution in [0.5, 0.6) is 0 Å². The first-order chi connectivity index (χ1) is 15.9. The van der Waals surface area contributed by atoms with Crippen LogP contribution in [0.3, 0.4) is 0 Å². The SMILES string of the molecule is CC(O)c1nc(CC#N)c(-c2csc(Nc3ccc(CNc4ccc(Cl)cc4F)cn3)n2)s1. The maximum absolute atomic E-state index is 13.9. The van der Waals surface area contributed by atoms with E-state index >= 15 is 0 Å². The number of nitriles is 1. The largest absolute Gasteiger partial charge is 0.386 e. The van der Waals surface area contributed by atoms with Gasteiger partial charge < -0.3 is 15.7 Å². The minimum Gasteiger partial charge on any atom is -0.386 e. The van der Waals surface area contributed by atoms with Crippen molar-refractivity contribution in [3.05, 3.63) is 69.0 Å². The van der Waals surface area contributed by atoms with Gasteiger partial charge in [0.05, 0.1) is 34.4 Å². The van der Waals surface area contributed by atoms with Crippen LogP contribution >= 0.6 is 34.3 Å². The van der Waals surface area contributed by atoms with E-state index in [1.807, 2.05) is 17.5 Å². The summed E-state index contributed by atoms with van der Waals surface area (Å²) in [5.41, 5.74) is 2.56. The predicted molar refractivity (Wildman–Crippen MR) is 129 cm³/mol. The van der Waals surface area contributed by atoms with E-state index in [0.29, 0.717) is 44.6 Å². The van der Waals surface area contributed by atoms with Crippen LogP contribution in [0.1, 0.15) is 29.3 Å². The van der Waals surface area contributed by atoms with E-state index in [-0.39, 0.29) is 6.42 Å². The van der Waals surface area contributed by atoms with Gasteiger partial charge in [-0.1, -0.05) is 17.7 Å². The van der Waals surface area contributed by atoms with Gasteiger partial charge in [-0.2, -0.15) is 5.26 Å². The molecule has 3 heterocycles. The van der Waals surface area contributed by atoms with Gasteiger partial charge in [0.25, 0.3) is 0 Å². The molecule has 1 unspecified atom stereocenters. The third kappa shape index (κ3) is 5.64. The zero-order valence-electron chi connectivity index (χ0n) is 17.3.